The molecule has 0 aliphatic heterocycles. The van der Waals surface area contributed by atoms with Crippen LogP contribution in [-0.4, -0.2) is 40.4 Å². The molecule has 1 amide bonds. The number of ether oxygens (including phenoxy) is 1. The van der Waals surface area contributed by atoms with Crippen LogP contribution in [0, 0.1) is 11.6 Å². The van der Waals surface area contributed by atoms with Crippen LogP contribution < -0.4 is 9.46 Å². The van der Waals surface area contributed by atoms with Crippen molar-refractivity contribution in [3.05, 3.63) is 59.2 Å². The van der Waals surface area contributed by atoms with Gasteiger partial charge in [0.2, 0.25) is 10.0 Å². The van der Waals surface area contributed by atoms with E-state index >= 15 is 0 Å². The van der Waals surface area contributed by atoms with E-state index in [4.69, 9.17) is 4.74 Å². The molecule has 0 fully saturated rings. The molecule has 0 spiro atoms. The van der Waals surface area contributed by atoms with Gasteiger partial charge in [0.05, 0.1) is 7.11 Å². The summed E-state index contributed by atoms with van der Waals surface area (Å²) in [4.78, 5) is 13.6. The topological polar surface area (TPSA) is 75.7 Å². The lowest BCUT2D eigenvalue weighted by Crippen LogP contribution is -2.27. The molecule has 0 atom stereocenters. The van der Waals surface area contributed by atoms with Gasteiger partial charge in [0.1, 0.15) is 22.3 Å². The Labute approximate surface area is 150 Å². The first-order chi connectivity index (χ1) is 12.2. The molecule has 9 heteroatoms. The predicted octanol–water partition coefficient (Wildman–Crippen LogP) is 2.15. The molecule has 0 aliphatic carbocycles. The third-order valence-corrected chi connectivity index (χ3v) is 5.17. The monoisotopic (exact) mass is 384 g/mol. The maximum absolute atomic E-state index is 13.8. The number of amides is 1. The number of sulfonamides is 1. The van der Waals surface area contributed by atoms with Crippen LogP contribution in [0.15, 0.2) is 41.3 Å². The number of hydrogen-bond acceptors (Lipinski definition) is 4. The quantitative estimate of drug-likeness (QED) is 0.828. The molecule has 26 heavy (non-hydrogen) atoms. The lowest BCUT2D eigenvalue weighted by molar-refractivity contribution is 0.0783. The van der Waals surface area contributed by atoms with Crippen LogP contribution in [0.2, 0.25) is 0 Å². The Morgan fingerprint density at radius 3 is 2.46 bits per heavy atom. The summed E-state index contributed by atoms with van der Waals surface area (Å²) in [6.45, 7) is -0.106. The Hall–Kier alpha value is -2.52. The van der Waals surface area contributed by atoms with Gasteiger partial charge in [0.25, 0.3) is 5.91 Å². The van der Waals surface area contributed by atoms with Gasteiger partial charge in [0.15, 0.2) is 0 Å². The maximum atomic E-state index is 13.8. The summed E-state index contributed by atoms with van der Waals surface area (Å²) in [7, 11) is 0.149. The summed E-state index contributed by atoms with van der Waals surface area (Å²) in [5, 5.41) is 0. The standard InChI is InChI=1S/C17H18F2N2O4S/c1-20-26(23,24)16-8-11(5-7-15(16)25-3)17(22)21(2)10-12-4-6-13(18)9-14(12)19/h4-9,20H,10H2,1-3H3. The number of halogens is 2. The average Bonchev–Trinajstić information content (AvgIpc) is 2.62. The van der Waals surface area contributed by atoms with E-state index < -0.39 is 27.6 Å². The van der Waals surface area contributed by atoms with Gasteiger partial charge >= 0.3 is 0 Å². The summed E-state index contributed by atoms with van der Waals surface area (Å²) in [5.41, 5.74) is 0.225. The van der Waals surface area contributed by atoms with Crippen molar-refractivity contribution in [2.75, 3.05) is 21.2 Å². The van der Waals surface area contributed by atoms with Gasteiger partial charge in [0, 0.05) is 30.8 Å². The fourth-order valence-corrected chi connectivity index (χ4v) is 3.25. The molecule has 0 heterocycles. The Balaban J connectivity index is 2.32. The fourth-order valence-electron chi connectivity index (χ4n) is 2.33. The molecule has 2 rings (SSSR count). The highest BCUT2D eigenvalue weighted by molar-refractivity contribution is 7.89. The van der Waals surface area contributed by atoms with E-state index in [1.807, 2.05) is 0 Å². The van der Waals surface area contributed by atoms with E-state index in [1.54, 1.807) is 0 Å². The highest BCUT2D eigenvalue weighted by atomic mass is 32.2. The second-order valence-corrected chi connectivity index (χ2v) is 7.33. The summed E-state index contributed by atoms with van der Waals surface area (Å²) in [6, 6.07) is 7.04. The first-order valence-corrected chi connectivity index (χ1v) is 8.99. The minimum atomic E-state index is -3.84. The fraction of sp³-hybridized carbons (Fsp3) is 0.235. The normalized spacial score (nSPS) is 11.3. The minimum Gasteiger partial charge on any atom is -0.495 e. The number of carbonyl (C=O) groups is 1. The molecular weight excluding hydrogens is 366 g/mol. The lowest BCUT2D eigenvalue weighted by Gasteiger charge is -2.19. The maximum Gasteiger partial charge on any atom is 0.253 e. The molecule has 2 aromatic carbocycles. The molecule has 0 unspecified atom stereocenters. The highest BCUT2D eigenvalue weighted by Gasteiger charge is 2.22. The van der Waals surface area contributed by atoms with Crippen LogP contribution in [0.1, 0.15) is 15.9 Å². The van der Waals surface area contributed by atoms with Crippen LogP contribution in [0.3, 0.4) is 0 Å². The molecular formula is C17H18F2N2O4S. The second kappa shape index (κ2) is 7.79. The molecule has 0 bridgehead atoms. The molecule has 0 aromatic heterocycles. The number of carbonyl (C=O) groups excluding carboxylic acids is 1. The number of nitrogens with one attached hydrogen (secondary N) is 1. The molecule has 2 aromatic rings. The third-order valence-electron chi connectivity index (χ3n) is 3.74. The number of nitrogens with zero attached hydrogens (tertiary/aromatic N) is 1. The molecule has 140 valence electrons. The van der Waals surface area contributed by atoms with E-state index in [1.165, 1.54) is 50.4 Å². The summed E-state index contributed by atoms with van der Waals surface area (Å²) in [6.07, 6.45) is 0. The van der Waals surface area contributed by atoms with Crippen molar-refractivity contribution in [2.45, 2.75) is 11.4 Å². The van der Waals surface area contributed by atoms with E-state index in [-0.39, 0.29) is 28.3 Å². The largest absolute Gasteiger partial charge is 0.495 e. The van der Waals surface area contributed by atoms with Crippen molar-refractivity contribution in [1.29, 1.82) is 0 Å². The van der Waals surface area contributed by atoms with Crippen molar-refractivity contribution in [3.8, 4) is 5.75 Å². The van der Waals surface area contributed by atoms with Crippen molar-refractivity contribution in [2.24, 2.45) is 0 Å². The predicted molar refractivity (Wildman–Crippen MR) is 91.4 cm³/mol. The first-order valence-electron chi connectivity index (χ1n) is 7.50. The van der Waals surface area contributed by atoms with Gasteiger partial charge in [-0.25, -0.2) is 21.9 Å². The van der Waals surface area contributed by atoms with Gasteiger partial charge < -0.3 is 9.64 Å². The Morgan fingerprint density at radius 1 is 1.19 bits per heavy atom. The molecule has 6 nitrogen and oxygen atoms in total. The minimum absolute atomic E-state index is 0.0862. The third kappa shape index (κ3) is 4.17. The molecule has 0 saturated carbocycles. The van der Waals surface area contributed by atoms with Crippen LogP contribution in [0.5, 0.6) is 5.75 Å². The first kappa shape index (κ1) is 19.8. The number of rotatable bonds is 6. The number of hydrogen-bond donors (Lipinski definition) is 1. The number of benzene rings is 2. The molecule has 0 saturated heterocycles. The smallest absolute Gasteiger partial charge is 0.253 e. The zero-order valence-corrected chi connectivity index (χ0v) is 15.2. The van der Waals surface area contributed by atoms with Gasteiger partial charge in [-0.2, -0.15) is 0 Å². The van der Waals surface area contributed by atoms with E-state index in [0.29, 0.717) is 0 Å². The summed E-state index contributed by atoms with van der Waals surface area (Å²) >= 11 is 0. The summed E-state index contributed by atoms with van der Waals surface area (Å²) in [5.74, 6) is -1.91. The molecule has 0 radical (unpaired) electrons. The zero-order valence-electron chi connectivity index (χ0n) is 14.4. The SMILES string of the molecule is CNS(=O)(=O)c1cc(C(=O)N(C)Cc2ccc(F)cc2F)ccc1OC. The van der Waals surface area contributed by atoms with Gasteiger partial charge in [-0.15, -0.1) is 0 Å². The van der Waals surface area contributed by atoms with Crippen LogP contribution >= 0.6 is 0 Å². The summed E-state index contributed by atoms with van der Waals surface area (Å²) < 4.78 is 58.1. The molecule has 0 aliphatic rings. The number of methoxy groups -OCH3 is 1. The second-order valence-electron chi connectivity index (χ2n) is 5.47. The van der Waals surface area contributed by atoms with Crippen LogP contribution in [0.4, 0.5) is 8.78 Å². The van der Waals surface area contributed by atoms with E-state index in [9.17, 15) is 22.0 Å². The Kier molecular flexibility index (Phi) is 5.94. The zero-order chi connectivity index (χ0) is 19.5. The highest BCUT2D eigenvalue weighted by Crippen LogP contribution is 2.25. The van der Waals surface area contributed by atoms with Crippen molar-refractivity contribution in [3.63, 3.8) is 0 Å². The van der Waals surface area contributed by atoms with Crippen molar-refractivity contribution in [1.82, 2.24) is 9.62 Å². The van der Waals surface area contributed by atoms with Crippen molar-refractivity contribution < 1.29 is 26.7 Å². The van der Waals surface area contributed by atoms with Gasteiger partial charge in [-0.1, -0.05) is 6.07 Å². The Bertz CT molecular complexity index is 932. The van der Waals surface area contributed by atoms with E-state index in [0.717, 1.165) is 12.1 Å². The van der Waals surface area contributed by atoms with Gasteiger partial charge in [-0.3, -0.25) is 4.79 Å². The van der Waals surface area contributed by atoms with E-state index in [2.05, 4.69) is 4.72 Å². The van der Waals surface area contributed by atoms with Gasteiger partial charge in [-0.05, 0) is 31.3 Å². The average molecular weight is 384 g/mol. The van der Waals surface area contributed by atoms with Crippen molar-refractivity contribution >= 4 is 15.9 Å². The van der Waals surface area contributed by atoms with Crippen LogP contribution in [0.25, 0.3) is 0 Å². The lowest BCUT2D eigenvalue weighted by atomic mass is 10.1. The Morgan fingerprint density at radius 2 is 1.88 bits per heavy atom. The van der Waals surface area contributed by atoms with Crippen LogP contribution in [-0.2, 0) is 16.6 Å². The molecule has 1 N–H and O–H groups in total.